The number of benzene rings is 2. The molecule has 2 aromatic carbocycles. The highest BCUT2D eigenvalue weighted by Crippen LogP contribution is 2.37. The molecule has 0 N–H and O–H groups in total. The monoisotopic (exact) mass is 344 g/mol. The molecule has 24 heavy (non-hydrogen) atoms. The molecule has 0 fully saturated rings. The van der Waals surface area contributed by atoms with Crippen molar-refractivity contribution in [3.8, 4) is 17.6 Å². The molecule has 0 amide bonds. The SMILES string of the molecule is CC(C)(C)[Si](C)(C)Oc1ccc(C#Cc2ccc(F)c(F)c2)cc1. The topological polar surface area (TPSA) is 9.23 Å². The molecule has 4 heteroatoms. The highest BCUT2D eigenvalue weighted by Gasteiger charge is 2.38. The third-order valence-electron chi connectivity index (χ3n) is 4.30. The van der Waals surface area contributed by atoms with Gasteiger partial charge in [0.1, 0.15) is 5.75 Å². The van der Waals surface area contributed by atoms with Crippen LogP contribution in [0.15, 0.2) is 42.5 Å². The number of hydrogen-bond donors (Lipinski definition) is 0. The first kappa shape index (κ1) is 18.2. The smallest absolute Gasteiger partial charge is 0.250 e. The lowest BCUT2D eigenvalue weighted by molar-refractivity contribution is 0.492. The van der Waals surface area contributed by atoms with E-state index in [4.69, 9.17) is 4.43 Å². The second-order valence-electron chi connectivity index (χ2n) is 7.27. The Balaban J connectivity index is 2.13. The van der Waals surface area contributed by atoms with Crippen LogP contribution in [0.4, 0.5) is 8.78 Å². The first-order chi connectivity index (χ1) is 11.1. The molecule has 0 spiro atoms. The zero-order valence-corrected chi connectivity index (χ0v) is 15.7. The van der Waals surface area contributed by atoms with Gasteiger partial charge in [-0.25, -0.2) is 8.78 Å². The lowest BCUT2D eigenvalue weighted by Gasteiger charge is -2.36. The largest absolute Gasteiger partial charge is 0.544 e. The van der Waals surface area contributed by atoms with Gasteiger partial charge < -0.3 is 4.43 Å². The lowest BCUT2D eigenvalue weighted by atomic mass is 10.2. The summed E-state index contributed by atoms with van der Waals surface area (Å²) in [5.74, 6) is 4.85. The van der Waals surface area contributed by atoms with Crippen molar-refractivity contribution in [1.29, 1.82) is 0 Å². The summed E-state index contributed by atoms with van der Waals surface area (Å²) in [4.78, 5) is 0. The fraction of sp³-hybridized carbons (Fsp3) is 0.300. The zero-order chi connectivity index (χ0) is 18.0. The maximum atomic E-state index is 13.2. The van der Waals surface area contributed by atoms with Crippen LogP contribution in [-0.4, -0.2) is 8.32 Å². The van der Waals surface area contributed by atoms with Crippen LogP contribution in [-0.2, 0) is 0 Å². The van der Waals surface area contributed by atoms with Crippen molar-refractivity contribution < 1.29 is 13.2 Å². The van der Waals surface area contributed by atoms with E-state index in [0.717, 1.165) is 23.4 Å². The second kappa shape index (κ2) is 6.78. The third-order valence-corrected chi connectivity index (χ3v) is 8.66. The first-order valence-electron chi connectivity index (χ1n) is 7.85. The van der Waals surface area contributed by atoms with Crippen molar-refractivity contribution >= 4 is 8.32 Å². The van der Waals surface area contributed by atoms with Gasteiger partial charge >= 0.3 is 0 Å². The summed E-state index contributed by atoms with van der Waals surface area (Å²) in [7, 11) is -1.86. The highest BCUT2D eigenvalue weighted by atomic mass is 28.4. The maximum absolute atomic E-state index is 13.2. The molecule has 0 saturated heterocycles. The number of rotatable bonds is 2. The number of halogens is 2. The van der Waals surface area contributed by atoms with Gasteiger partial charge in [-0.3, -0.25) is 0 Å². The average Bonchev–Trinajstić information content (AvgIpc) is 2.48. The molecule has 0 aliphatic heterocycles. The normalized spacial score (nSPS) is 11.6. The Morgan fingerprint density at radius 3 is 1.92 bits per heavy atom. The summed E-state index contributed by atoms with van der Waals surface area (Å²) in [6.07, 6.45) is 0. The van der Waals surface area contributed by atoms with Crippen molar-refractivity contribution in [2.75, 3.05) is 0 Å². The Kier molecular flexibility index (Phi) is 5.15. The molecule has 0 aromatic heterocycles. The van der Waals surface area contributed by atoms with E-state index in [-0.39, 0.29) is 5.04 Å². The van der Waals surface area contributed by atoms with E-state index < -0.39 is 20.0 Å². The third kappa shape index (κ3) is 4.45. The summed E-state index contributed by atoms with van der Waals surface area (Å²) >= 11 is 0. The van der Waals surface area contributed by atoms with E-state index in [9.17, 15) is 8.78 Å². The Morgan fingerprint density at radius 2 is 1.38 bits per heavy atom. The Hall–Kier alpha value is -2.12. The van der Waals surface area contributed by atoms with Gasteiger partial charge in [-0.1, -0.05) is 32.6 Å². The minimum atomic E-state index is -1.86. The summed E-state index contributed by atoms with van der Waals surface area (Å²) in [6.45, 7) is 11.0. The molecule has 0 saturated carbocycles. The van der Waals surface area contributed by atoms with Crippen LogP contribution in [0, 0.1) is 23.5 Å². The van der Waals surface area contributed by atoms with Crippen LogP contribution in [0.1, 0.15) is 31.9 Å². The van der Waals surface area contributed by atoms with Gasteiger partial charge in [0.25, 0.3) is 0 Å². The molecular formula is C20H22F2OSi. The fourth-order valence-electron chi connectivity index (χ4n) is 1.77. The summed E-state index contributed by atoms with van der Waals surface area (Å²) < 4.78 is 32.3. The molecule has 0 aliphatic carbocycles. The van der Waals surface area contributed by atoms with Crippen molar-refractivity contribution in [1.82, 2.24) is 0 Å². The van der Waals surface area contributed by atoms with Crippen molar-refractivity contribution in [3.63, 3.8) is 0 Å². The van der Waals surface area contributed by atoms with Crippen molar-refractivity contribution in [2.24, 2.45) is 0 Å². The van der Waals surface area contributed by atoms with Crippen molar-refractivity contribution in [2.45, 2.75) is 38.9 Å². The molecule has 1 nitrogen and oxygen atoms in total. The minimum absolute atomic E-state index is 0.137. The number of hydrogen-bond acceptors (Lipinski definition) is 1. The van der Waals surface area contributed by atoms with Gasteiger partial charge in [0.2, 0.25) is 8.32 Å². The van der Waals surface area contributed by atoms with Gasteiger partial charge in [0.05, 0.1) is 0 Å². The van der Waals surface area contributed by atoms with Crippen LogP contribution in [0.3, 0.4) is 0 Å². The van der Waals surface area contributed by atoms with Crippen LogP contribution in [0.5, 0.6) is 5.75 Å². The van der Waals surface area contributed by atoms with Gasteiger partial charge in [0, 0.05) is 11.1 Å². The Morgan fingerprint density at radius 1 is 0.833 bits per heavy atom. The Bertz CT molecular complexity index is 778. The lowest BCUT2D eigenvalue weighted by Crippen LogP contribution is -2.43. The summed E-state index contributed by atoms with van der Waals surface area (Å²) in [5.41, 5.74) is 1.23. The van der Waals surface area contributed by atoms with E-state index in [0.29, 0.717) is 5.56 Å². The van der Waals surface area contributed by atoms with E-state index in [2.05, 4.69) is 45.7 Å². The van der Waals surface area contributed by atoms with Crippen LogP contribution in [0.2, 0.25) is 18.1 Å². The zero-order valence-electron chi connectivity index (χ0n) is 14.7. The predicted octanol–water partition coefficient (Wildman–Crippen LogP) is 5.75. The maximum Gasteiger partial charge on any atom is 0.250 e. The van der Waals surface area contributed by atoms with E-state index in [1.54, 1.807) is 0 Å². The minimum Gasteiger partial charge on any atom is -0.544 e. The molecular weight excluding hydrogens is 322 g/mol. The molecule has 126 valence electrons. The molecule has 0 bridgehead atoms. The molecule has 0 radical (unpaired) electrons. The Labute approximate surface area is 143 Å². The van der Waals surface area contributed by atoms with Gasteiger partial charge in [-0.05, 0) is 60.6 Å². The second-order valence-corrected chi connectivity index (χ2v) is 12.0. The summed E-state index contributed by atoms with van der Waals surface area (Å²) in [6, 6.07) is 11.2. The van der Waals surface area contributed by atoms with Crippen LogP contribution >= 0.6 is 0 Å². The van der Waals surface area contributed by atoms with Crippen LogP contribution < -0.4 is 4.43 Å². The molecule has 0 heterocycles. The molecule has 0 unspecified atom stereocenters. The highest BCUT2D eigenvalue weighted by molar-refractivity contribution is 6.74. The quantitative estimate of drug-likeness (QED) is 0.498. The van der Waals surface area contributed by atoms with E-state index >= 15 is 0 Å². The van der Waals surface area contributed by atoms with Gasteiger partial charge in [-0.2, -0.15) is 0 Å². The fourth-order valence-corrected chi connectivity index (χ4v) is 2.80. The molecule has 2 aromatic rings. The van der Waals surface area contributed by atoms with Gasteiger partial charge in [0.15, 0.2) is 11.6 Å². The van der Waals surface area contributed by atoms with Crippen LogP contribution in [0.25, 0.3) is 0 Å². The predicted molar refractivity (Wildman–Crippen MR) is 96.6 cm³/mol. The van der Waals surface area contributed by atoms with Crippen molar-refractivity contribution in [3.05, 3.63) is 65.2 Å². The summed E-state index contributed by atoms with van der Waals surface area (Å²) in [5, 5.41) is 0.137. The average molecular weight is 344 g/mol. The molecule has 0 atom stereocenters. The standard InChI is InChI=1S/C20H22F2OSi/c1-20(2,3)24(4,5)23-17-11-8-15(9-12-17)6-7-16-10-13-18(21)19(22)14-16/h8-14H,1-5H3. The molecule has 2 rings (SSSR count). The first-order valence-corrected chi connectivity index (χ1v) is 10.8. The van der Waals surface area contributed by atoms with E-state index in [1.807, 2.05) is 24.3 Å². The van der Waals surface area contributed by atoms with E-state index in [1.165, 1.54) is 6.07 Å². The molecule has 0 aliphatic rings. The van der Waals surface area contributed by atoms with Gasteiger partial charge in [-0.15, -0.1) is 0 Å².